The average molecular weight is 402 g/mol. The molecular formula is C20H18O7S. The molecular weight excluding hydrogens is 384 g/mol. The van der Waals surface area contributed by atoms with Crippen molar-refractivity contribution in [1.29, 1.82) is 0 Å². The van der Waals surface area contributed by atoms with Crippen LogP contribution in [-0.4, -0.2) is 33.2 Å². The molecule has 8 heteroatoms. The van der Waals surface area contributed by atoms with E-state index in [9.17, 15) is 18.0 Å². The molecule has 0 aliphatic rings. The second-order valence-electron chi connectivity index (χ2n) is 6.00. The Bertz CT molecular complexity index is 1140. The molecule has 0 atom stereocenters. The third-order valence-electron chi connectivity index (χ3n) is 4.00. The van der Waals surface area contributed by atoms with E-state index in [2.05, 4.69) is 0 Å². The van der Waals surface area contributed by atoms with Crippen molar-refractivity contribution in [2.75, 3.05) is 12.9 Å². The van der Waals surface area contributed by atoms with Gasteiger partial charge in [-0.2, -0.15) is 0 Å². The Morgan fingerprint density at radius 1 is 1.00 bits per heavy atom. The molecule has 0 fully saturated rings. The van der Waals surface area contributed by atoms with E-state index >= 15 is 0 Å². The fourth-order valence-electron chi connectivity index (χ4n) is 2.68. The number of rotatable bonds is 6. The number of ether oxygens (including phenoxy) is 2. The van der Waals surface area contributed by atoms with Gasteiger partial charge in [0.15, 0.2) is 9.84 Å². The number of esters is 2. The van der Waals surface area contributed by atoms with Crippen molar-refractivity contribution < 1.29 is 31.9 Å². The summed E-state index contributed by atoms with van der Waals surface area (Å²) in [6, 6.07) is 12.5. The van der Waals surface area contributed by atoms with Crippen molar-refractivity contribution in [2.45, 2.75) is 18.4 Å². The summed E-state index contributed by atoms with van der Waals surface area (Å²) in [7, 11) is -3.45. The van der Waals surface area contributed by atoms with Crippen LogP contribution >= 0.6 is 0 Å². The molecule has 28 heavy (non-hydrogen) atoms. The lowest BCUT2D eigenvalue weighted by atomic mass is 10.1. The van der Waals surface area contributed by atoms with E-state index in [0.717, 1.165) is 6.26 Å². The number of benzene rings is 2. The lowest BCUT2D eigenvalue weighted by Gasteiger charge is -2.07. The van der Waals surface area contributed by atoms with Crippen LogP contribution in [0.25, 0.3) is 11.0 Å². The van der Waals surface area contributed by atoms with Crippen LogP contribution < -0.4 is 0 Å². The molecule has 0 saturated carbocycles. The first-order valence-corrected chi connectivity index (χ1v) is 10.3. The zero-order valence-electron chi connectivity index (χ0n) is 15.3. The highest BCUT2D eigenvalue weighted by molar-refractivity contribution is 7.90. The van der Waals surface area contributed by atoms with E-state index in [1.165, 1.54) is 24.3 Å². The van der Waals surface area contributed by atoms with Crippen molar-refractivity contribution in [3.05, 3.63) is 65.4 Å². The van der Waals surface area contributed by atoms with Crippen LogP contribution in [-0.2, 0) is 25.9 Å². The Morgan fingerprint density at radius 3 is 2.46 bits per heavy atom. The Kier molecular flexibility index (Phi) is 5.51. The second kappa shape index (κ2) is 7.85. The van der Waals surface area contributed by atoms with Crippen LogP contribution in [0.3, 0.4) is 0 Å². The molecule has 3 aromatic rings. The van der Waals surface area contributed by atoms with Crippen molar-refractivity contribution >= 4 is 32.7 Å². The number of hydrogen-bond donors (Lipinski definition) is 0. The first kappa shape index (κ1) is 19.6. The normalized spacial score (nSPS) is 11.4. The maximum atomic E-state index is 12.4. The highest BCUT2D eigenvalue weighted by Crippen LogP contribution is 2.27. The van der Waals surface area contributed by atoms with Gasteiger partial charge in [-0.1, -0.05) is 24.3 Å². The van der Waals surface area contributed by atoms with Gasteiger partial charge in [0.05, 0.1) is 22.6 Å². The van der Waals surface area contributed by atoms with Crippen LogP contribution in [0.4, 0.5) is 0 Å². The lowest BCUT2D eigenvalue weighted by molar-refractivity contribution is 0.0435. The predicted octanol–water partition coefficient (Wildman–Crippen LogP) is 3.37. The monoisotopic (exact) mass is 402 g/mol. The number of fused-ring (bicyclic) bond motifs is 1. The van der Waals surface area contributed by atoms with Gasteiger partial charge in [0.2, 0.25) is 5.76 Å². The first-order valence-electron chi connectivity index (χ1n) is 8.46. The Hall–Kier alpha value is -3.13. The summed E-state index contributed by atoms with van der Waals surface area (Å²) in [4.78, 5) is 24.6. The number of para-hydroxylation sites is 1. The van der Waals surface area contributed by atoms with Crippen molar-refractivity contribution in [3.8, 4) is 0 Å². The van der Waals surface area contributed by atoms with Crippen LogP contribution in [0.5, 0.6) is 0 Å². The van der Waals surface area contributed by atoms with Crippen molar-refractivity contribution in [3.63, 3.8) is 0 Å². The molecule has 3 rings (SSSR count). The number of sulfone groups is 1. The fourth-order valence-corrected chi connectivity index (χ4v) is 3.35. The average Bonchev–Trinajstić information content (AvgIpc) is 3.04. The molecule has 0 aliphatic carbocycles. The summed E-state index contributed by atoms with van der Waals surface area (Å²) in [5.74, 6) is -1.39. The van der Waals surface area contributed by atoms with Gasteiger partial charge in [-0.05, 0) is 31.2 Å². The molecule has 0 unspecified atom stereocenters. The second-order valence-corrected chi connectivity index (χ2v) is 8.02. The van der Waals surface area contributed by atoms with Gasteiger partial charge in [-0.15, -0.1) is 0 Å². The molecule has 0 aliphatic heterocycles. The minimum absolute atomic E-state index is 0.0166. The number of carbonyl (C=O) groups excluding carboxylic acids is 2. The maximum absolute atomic E-state index is 12.4. The van der Waals surface area contributed by atoms with E-state index in [4.69, 9.17) is 13.9 Å². The van der Waals surface area contributed by atoms with Crippen LogP contribution in [0.15, 0.2) is 57.8 Å². The van der Waals surface area contributed by atoms with Gasteiger partial charge in [-0.3, -0.25) is 0 Å². The van der Waals surface area contributed by atoms with E-state index in [1.54, 1.807) is 31.2 Å². The minimum Gasteiger partial charge on any atom is -0.460 e. The summed E-state index contributed by atoms with van der Waals surface area (Å²) >= 11 is 0. The topological polar surface area (TPSA) is 99.9 Å². The van der Waals surface area contributed by atoms with E-state index in [1.807, 2.05) is 0 Å². The van der Waals surface area contributed by atoms with Crippen molar-refractivity contribution in [2.24, 2.45) is 0 Å². The van der Waals surface area contributed by atoms with Gasteiger partial charge < -0.3 is 13.9 Å². The largest absolute Gasteiger partial charge is 0.460 e. The van der Waals surface area contributed by atoms with Gasteiger partial charge >= 0.3 is 11.9 Å². The minimum atomic E-state index is -3.45. The van der Waals surface area contributed by atoms with E-state index in [-0.39, 0.29) is 29.4 Å². The van der Waals surface area contributed by atoms with Crippen LogP contribution in [0.1, 0.15) is 33.4 Å². The SMILES string of the molecule is CCOC(=O)c1oc2ccccc2c1COC(=O)c1cccc(S(C)(=O)=O)c1. The molecule has 7 nitrogen and oxygen atoms in total. The lowest BCUT2D eigenvalue weighted by Crippen LogP contribution is -2.10. The third kappa shape index (κ3) is 4.07. The summed E-state index contributed by atoms with van der Waals surface area (Å²) < 4.78 is 39.2. The quantitative estimate of drug-likeness (QED) is 0.583. The summed E-state index contributed by atoms with van der Waals surface area (Å²) in [5, 5.41) is 0.628. The fraction of sp³-hybridized carbons (Fsp3) is 0.200. The zero-order chi connectivity index (χ0) is 20.3. The summed E-state index contributed by atoms with van der Waals surface area (Å²) in [6.45, 7) is 1.62. The molecule has 146 valence electrons. The number of furan rings is 1. The highest BCUT2D eigenvalue weighted by Gasteiger charge is 2.23. The molecule has 1 aromatic heterocycles. The smallest absolute Gasteiger partial charge is 0.374 e. The van der Waals surface area contributed by atoms with Crippen molar-refractivity contribution in [1.82, 2.24) is 0 Å². The van der Waals surface area contributed by atoms with E-state index < -0.39 is 21.8 Å². The van der Waals surface area contributed by atoms with Crippen LogP contribution in [0, 0.1) is 0 Å². The Morgan fingerprint density at radius 2 is 1.75 bits per heavy atom. The summed E-state index contributed by atoms with van der Waals surface area (Å²) in [6.07, 6.45) is 1.06. The van der Waals surface area contributed by atoms with Crippen LogP contribution in [0.2, 0.25) is 0 Å². The predicted molar refractivity (Wildman–Crippen MR) is 101 cm³/mol. The molecule has 0 bridgehead atoms. The van der Waals surface area contributed by atoms with E-state index in [0.29, 0.717) is 16.5 Å². The summed E-state index contributed by atoms with van der Waals surface area (Å²) in [5.41, 5.74) is 0.950. The molecule has 0 amide bonds. The molecule has 0 spiro atoms. The molecule has 0 saturated heterocycles. The molecule has 1 heterocycles. The zero-order valence-corrected chi connectivity index (χ0v) is 16.1. The number of hydrogen-bond acceptors (Lipinski definition) is 7. The highest BCUT2D eigenvalue weighted by atomic mass is 32.2. The first-order chi connectivity index (χ1) is 13.3. The standard InChI is InChI=1S/C20H18O7S/c1-3-25-20(22)18-16(15-9-4-5-10-17(15)27-18)12-26-19(21)13-7-6-8-14(11-13)28(2,23)24/h4-11H,3,12H2,1-2H3. The van der Waals surface area contributed by atoms with Gasteiger partial charge in [0, 0.05) is 11.6 Å². The molecule has 0 N–H and O–H groups in total. The van der Waals surface area contributed by atoms with Gasteiger partial charge in [-0.25, -0.2) is 18.0 Å². The maximum Gasteiger partial charge on any atom is 0.374 e. The molecule has 0 radical (unpaired) electrons. The molecule has 2 aromatic carbocycles. The Balaban J connectivity index is 1.88. The number of carbonyl (C=O) groups is 2. The van der Waals surface area contributed by atoms with Gasteiger partial charge in [0.1, 0.15) is 12.2 Å². The van der Waals surface area contributed by atoms with Gasteiger partial charge in [0.25, 0.3) is 0 Å². The third-order valence-corrected chi connectivity index (χ3v) is 5.11. The Labute approximate surface area is 161 Å².